The van der Waals surface area contributed by atoms with Crippen molar-refractivity contribution in [2.45, 2.75) is 0 Å². The van der Waals surface area contributed by atoms with E-state index in [0.29, 0.717) is 5.75 Å². The van der Waals surface area contributed by atoms with E-state index in [2.05, 4.69) is 6.07 Å². The largest absolute Gasteiger partial charge is 1.00 e. The molecule has 0 heterocycles. The van der Waals surface area contributed by atoms with Gasteiger partial charge in [-0.15, -0.1) is 12.1 Å². The molecule has 0 saturated heterocycles. The van der Waals surface area contributed by atoms with E-state index in [1.807, 2.05) is 0 Å². The third-order valence-corrected chi connectivity index (χ3v) is 1.31. The van der Waals surface area contributed by atoms with Crippen LogP contribution in [0.15, 0.2) is 18.2 Å². The van der Waals surface area contributed by atoms with Gasteiger partial charge in [-0.3, -0.25) is 0 Å². The molecule has 66 valence electrons. The average molecular weight is 174 g/mol. The zero-order chi connectivity index (χ0) is 8.81. The average Bonchev–Trinajstić information content (AvgIpc) is 2.15. The molecule has 0 fully saturated rings. The molecule has 1 aromatic rings. The predicted molar refractivity (Wildman–Crippen MR) is 44.3 cm³/mol. The molecular formula is C9H11LiO3. The standard InChI is InChI=1S/C9H11O3.Li/c1-10-7-12-9-5-3-4-8(6-9)11-2;/h3-4,6H,7H2,1-2H3;/q-1;+1. The molecule has 0 saturated carbocycles. The summed E-state index contributed by atoms with van der Waals surface area (Å²) in [6.45, 7) is 0.226. The summed E-state index contributed by atoms with van der Waals surface area (Å²) in [6, 6.07) is 8.19. The van der Waals surface area contributed by atoms with Gasteiger partial charge in [0.25, 0.3) is 0 Å². The van der Waals surface area contributed by atoms with Gasteiger partial charge in [0.2, 0.25) is 0 Å². The maximum Gasteiger partial charge on any atom is 1.00 e. The minimum absolute atomic E-state index is 0. The van der Waals surface area contributed by atoms with Gasteiger partial charge in [0.15, 0.2) is 6.79 Å². The molecule has 1 aromatic carbocycles. The molecule has 0 radical (unpaired) electrons. The Morgan fingerprint density at radius 3 is 2.77 bits per heavy atom. The van der Waals surface area contributed by atoms with E-state index in [-0.39, 0.29) is 25.7 Å². The van der Waals surface area contributed by atoms with E-state index in [1.165, 1.54) is 0 Å². The van der Waals surface area contributed by atoms with Crippen molar-refractivity contribution in [1.29, 1.82) is 0 Å². The van der Waals surface area contributed by atoms with Gasteiger partial charge in [0.05, 0.1) is 7.11 Å². The minimum atomic E-state index is 0. The summed E-state index contributed by atoms with van der Waals surface area (Å²) in [6.07, 6.45) is 0. The second-order valence-electron chi connectivity index (χ2n) is 2.14. The smallest absolute Gasteiger partial charge is 0.522 e. The first-order valence-corrected chi connectivity index (χ1v) is 3.54. The summed E-state index contributed by atoms with van der Waals surface area (Å²) in [4.78, 5) is 0. The third-order valence-electron chi connectivity index (χ3n) is 1.31. The molecule has 0 aliphatic heterocycles. The van der Waals surface area contributed by atoms with Crippen molar-refractivity contribution in [2.24, 2.45) is 0 Å². The van der Waals surface area contributed by atoms with Crippen LogP contribution in [0.5, 0.6) is 11.5 Å². The van der Waals surface area contributed by atoms with Gasteiger partial charge in [-0.2, -0.15) is 6.07 Å². The second-order valence-corrected chi connectivity index (χ2v) is 2.14. The fourth-order valence-electron chi connectivity index (χ4n) is 0.758. The van der Waals surface area contributed by atoms with Crippen molar-refractivity contribution in [3.8, 4) is 11.5 Å². The normalized spacial score (nSPS) is 8.77. The Bertz CT molecular complexity index is 240. The molecule has 0 spiro atoms. The van der Waals surface area contributed by atoms with Crippen LogP contribution in [0.1, 0.15) is 0 Å². The number of hydrogen-bond acceptors (Lipinski definition) is 3. The van der Waals surface area contributed by atoms with E-state index >= 15 is 0 Å². The summed E-state index contributed by atoms with van der Waals surface area (Å²) < 4.78 is 14.9. The van der Waals surface area contributed by atoms with E-state index < -0.39 is 0 Å². The maximum absolute atomic E-state index is 5.14. The molecule has 1 rings (SSSR count). The van der Waals surface area contributed by atoms with Crippen molar-refractivity contribution in [3.05, 3.63) is 24.3 Å². The van der Waals surface area contributed by atoms with E-state index in [1.54, 1.807) is 32.4 Å². The van der Waals surface area contributed by atoms with Crippen LogP contribution in [-0.2, 0) is 4.74 Å². The SMILES string of the molecule is COCOc1[c-]ccc(OC)c1.[Li+]. The number of hydrogen-bond donors (Lipinski definition) is 0. The van der Waals surface area contributed by atoms with Crippen LogP contribution in [0.25, 0.3) is 0 Å². The first-order chi connectivity index (χ1) is 5.86. The molecule has 0 bridgehead atoms. The molecule has 0 aliphatic rings. The minimum Gasteiger partial charge on any atom is -0.522 e. The van der Waals surface area contributed by atoms with Crippen molar-refractivity contribution >= 4 is 0 Å². The molecule has 0 N–H and O–H groups in total. The Labute approximate surface area is 90.2 Å². The summed E-state index contributed by atoms with van der Waals surface area (Å²) in [5.74, 6) is 1.37. The fourth-order valence-corrected chi connectivity index (χ4v) is 0.758. The zero-order valence-electron chi connectivity index (χ0n) is 8.16. The van der Waals surface area contributed by atoms with Gasteiger partial charge in [0.1, 0.15) is 0 Å². The first-order valence-electron chi connectivity index (χ1n) is 3.54. The molecule has 0 amide bonds. The predicted octanol–water partition coefficient (Wildman–Crippen LogP) is -1.52. The van der Waals surface area contributed by atoms with E-state index in [0.717, 1.165) is 5.75 Å². The number of rotatable bonds is 4. The van der Waals surface area contributed by atoms with Gasteiger partial charge in [0, 0.05) is 18.6 Å². The van der Waals surface area contributed by atoms with Crippen LogP contribution in [0.4, 0.5) is 0 Å². The quantitative estimate of drug-likeness (QED) is 0.315. The molecule has 0 aromatic heterocycles. The fraction of sp³-hybridized carbons (Fsp3) is 0.333. The van der Waals surface area contributed by atoms with Crippen molar-refractivity contribution < 1.29 is 33.1 Å². The Balaban J connectivity index is 0.00000144. The third kappa shape index (κ3) is 4.23. The summed E-state index contributed by atoms with van der Waals surface area (Å²) in [5.41, 5.74) is 0. The monoisotopic (exact) mass is 174 g/mol. The second kappa shape index (κ2) is 6.85. The molecule has 0 atom stereocenters. The zero-order valence-corrected chi connectivity index (χ0v) is 8.16. The molecule has 3 nitrogen and oxygen atoms in total. The number of benzene rings is 1. The molecule has 0 unspecified atom stereocenters. The number of methoxy groups -OCH3 is 2. The van der Waals surface area contributed by atoms with Gasteiger partial charge in [-0.05, 0) is 0 Å². The molecule has 13 heavy (non-hydrogen) atoms. The van der Waals surface area contributed by atoms with Crippen LogP contribution in [0.3, 0.4) is 0 Å². The van der Waals surface area contributed by atoms with Gasteiger partial charge in [-0.1, -0.05) is 6.07 Å². The Morgan fingerprint density at radius 2 is 2.15 bits per heavy atom. The van der Waals surface area contributed by atoms with Crippen LogP contribution in [0.2, 0.25) is 0 Å². The Hall–Kier alpha value is -0.623. The summed E-state index contributed by atoms with van der Waals surface area (Å²) in [7, 11) is 3.18. The molecule has 4 heteroatoms. The van der Waals surface area contributed by atoms with E-state index in [4.69, 9.17) is 14.2 Å². The summed E-state index contributed by atoms with van der Waals surface area (Å²) >= 11 is 0. The van der Waals surface area contributed by atoms with Gasteiger partial charge < -0.3 is 14.2 Å². The summed E-state index contributed by atoms with van der Waals surface area (Å²) in [5, 5.41) is 0. The molecular weight excluding hydrogens is 163 g/mol. The van der Waals surface area contributed by atoms with Crippen LogP contribution in [-0.4, -0.2) is 21.0 Å². The van der Waals surface area contributed by atoms with Crippen LogP contribution in [0, 0.1) is 6.07 Å². The van der Waals surface area contributed by atoms with E-state index in [9.17, 15) is 0 Å². The van der Waals surface area contributed by atoms with Crippen molar-refractivity contribution in [3.63, 3.8) is 0 Å². The first kappa shape index (κ1) is 12.4. The van der Waals surface area contributed by atoms with Crippen molar-refractivity contribution in [1.82, 2.24) is 0 Å². The van der Waals surface area contributed by atoms with Gasteiger partial charge >= 0.3 is 18.9 Å². The maximum atomic E-state index is 5.14. The van der Waals surface area contributed by atoms with Gasteiger partial charge in [-0.25, -0.2) is 0 Å². The topological polar surface area (TPSA) is 27.7 Å². The van der Waals surface area contributed by atoms with Crippen LogP contribution >= 0.6 is 0 Å². The molecule has 0 aliphatic carbocycles. The Kier molecular flexibility index (Phi) is 6.52. The van der Waals surface area contributed by atoms with Crippen molar-refractivity contribution in [2.75, 3.05) is 21.0 Å². The number of ether oxygens (including phenoxy) is 3. The Morgan fingerprint density at radius 1 is 1.38 bits per heavy atom. The van der Waals surface area contributed by atoms with Crippen LogP contribution < -0.4 is 28.3 Å².